The van der Waals surface area contributed by atoms with Gasteiger partial charge in [-0.05, 0) is 25.2 Å². The van der Waals surface area contributed by atoms with Crippen molar-refractivity contribution < 1.29 is 9.53 Å². The fraction of sp³-hybridized carbons (Fsp3) is 0.667. The van der Waals surface area contributed by atoms with Gasteiger partial charge in [-0.25, -0.2) is 0 Å². The molecule has 0 heterocycles. The predicted octanol–water partition coefficient (Wildman–Crippen LogP) is 1.56. The third-order valence-electron chi connectivity index (χ3n) is 1.92. The Balaban J connectivity index is 2.06. The van der Waals surface area contributed by atoms with Crippen LogP contribution in [0.5, 0.6) is 0 Å². The van der Waals surface area contributed by atoms with Gasteiger partial charge in [-0.15, -0.1) is 0 Å². The van der Waals surface area contributed by atoms with Gasteiger partial charge in [-0.2, -0.15) is 0 Å². The Hall–Kier alpha value is -0.630. The Kier molecular flexibility index (Phi) is 3.91. The maximum Gasteiger partial charge on any atom is 0.145 e. The summed E-state index contributed by atoms with van der Waals surface area (Å²) in [6.45, 7) is 0.989. The molecule has 11 heavy (non-hydrogen) atoms. The standard InChI is InChI=1S/C9H14O2/c10-6-7-11-8-9-4-2-1-3-5-9/h1-2,6,9H,3-5,7-8H2. The van der Waals surface area contributed by atoms with Crippen molar-refractivity contribution in [1.29, 1.82) is 0 Å². The van der Waals surface area contributed by atoms with Gasteiger partial charge in [0.1, 0.15) is 12.9 Å². The van der Waals surface area contributed by atoms with Crippen molar-refractivity contribution in [3.63, 3.8) is 0 Å². The highest BCUT2D eigenvalue weighted by Crippen LogP contribution is 2.17. The first-order valence-corrected chi connectivity index (χ1v) is 4.10. The molecule has 0 bridgehead atoms. The summed E-state index contributed by atoms with van der Waals surface area (Å²) in [7, 11) is 0. The first-order chi connectivity index (χ1) is 5.43. The van der Waals surface area contributed by atoms with Crippen LogP contribution in [-0.4, -0.2) is 19.5 Å². The molecular formula is C9H14O2. The number of hydrogen-bond acceptors (Lipinski definition) is 2. The lowest BCUT2D eigenvalue weighted by molar-refractivity contribution is -0.112. The maximum atomic E-state index is 9.91. The Bertz CT molecular complexity index is 140. The summed E-state index contributed by atoms with van der Waals surface area (Å²) in [6, 6.07) is 0. The van der Waals surface area contributed by atoms with Gasteiger partial charge in [0.15, 0.2) is 0 Å². The van der Waals surface area contributed by atoms with Gasteiger partial charge in [-0.3, -0.25) is 0 Å². The predicted molar refractivity (Wildman–Crippen MR) is 43.4 cm³/mol. The molecule has 2 nitrogen and oxygen atoms in total. The second-order valence-electron chi connectivity index (χ2n) is 2.85. The van der Waals surface area contributed by atoms with Crippen molar-refractivity contribution >= 4 is 6.29 Å². The molecule has 0 aliphatic heterocycles. The second-order valence-corrected chi connectivity index (χ2v) is 2.85. The number of hydrogen-bond donors (Lipinski definition) is 0. The molecule has 62 valence electrons. The van der Waals surface area contributed by atoms with E-state index < -0.39 is 0 Å². The molecule has 1 rings (SSSR count). The van der Waals surface area contributed by atoms with E-state index >= 15 is 0 Å². The van der Waals surface area contributed by atoms with E-state index in [0.29, 0.717) is 5.92 Å². The zero-order chi connectivity index (χ0) is 7.94. The number of rotatable bonds is 4. The van der Waals surface area contributed by atoms with Crippen LogP contribution >= 0.6 is 0 Å². The zero-order valence-electron chi connectivity index (χ0n) is 6.66. The largest absolute Gasteiger partial charge is 0.374 e. The quantitative estimate of drug-likeness (QED) is 0.349. The molecular weight excluding hydrogens is 140 g/mol. The lowest BCUT2D eigenvalue weighted by Crippen LogP contribution is -2.11. The Morgan fingerprint density at radius 2 is 2.45 bits per heavy atom. The minimum Gasteiger partial charge on any atom is -0.374 e. The van der Waals surface area contributed by atoms with Crippen LogP contribution in [0.4, 0.5) is 0 Å². The van der Waals surface area contributed by atoms with Crippen molar-refractivity contribution in [1.82, 2.24) is 0 Å². The summed E-state index contributed by atoms with van der Waals surface area (Å²) >= 11 is 0. The third kappa shape index (κ3) is 3.33. The van der Waals surface area contributed by atoms with Crippen LogP contribution in [0.1, 0.15) is 19.3 Å². The minimum atomic E-state index is 0.250. The fourth-order valence-electron chi connectivity index (χ4n) is 1.29. The van der Waals surface area contributed by atoms with Gasteiger partial charge in [-0.1, -0.05) is 12.2 Å². The normalized spacial score (nSPS) is 23.5. The van der Waals surface area contributed by atoms with E-state index in [9.17, 15) is 4.79 Å². The van der Waals surface area contributed by atoms with Gasteiger partial charge in [0.2, 0.25) is 0 Å². The smallest absolute Gasteiger partial charge is 0.145 e. The molecule has 0 radical (unpaired) electrons. The van der Waals surface area contributed by atoms with E-state index in [1.807, 2.05) is 0 Å². The molecule has 0 saturated heterocycles. The van der Waals surface area contributed by atoms with E-state index in [1.54, 1.807) is 0 Å². The molecule has 1 aliphatic rings. The lowest BCUT2D eigenvalue weighted by Gasteiger charge is -2.16. The molecule has 2 heteroatoms. The van der Waals surface area contributed by atoms with E-state index in [1.165, 1.54) is 6.42 Å². The van der Waals surface area contributed by atoms with Gasteiger partial charge in [0.25, 0.3) is 0 Å². The molecule has 0 aromatic heterocycles. The molecule has 0 saturated carbocycles. The first-order valence-electron chi connectivity index (χ1n) is 4.10. The second kappa shape index (κ2) is 5.08. The fourth-order valence-corrected chi connectivity index (χ4v) is 1.29. The Morgan fingerprint density at radius 3 is 3.09 bits per heavy atom. The van der Waals surface area contributed by atoms with Crippen LogP contribution in [0.2, 0.25) is 0 Å². The van der Waals surface area contributed by atoms with Gasteiger partial charge < -0.3 is 9.53 Å². The van der Waals surface area contributed by atoms with Crippen LogP contribution < -0.4 is 0 Å². The third-order valence-corrected chi connectivity index (χ3v) is 1.92. The topological polar surface area (TPSA) is 26.3 Å². The SMILES string of the molecule is O=CCOCC1CC=CCC1. The van der Waals surface area contributed by atoms with Crippen LogP contribution in [0.3, 0.4) is 0 Å². The van der Waals surface area contributed by atoms with Crippen molar-refractivity contribution in [3.05, 3.63) is 12.2 Å². The van der Waals surface area contributed by atoms with Crippen LogP contribution in [0, 0.1) is 5.92 Å². The van der Waals surface area contributed by atoms with Crippen LogP contribution in [-0.2, 0) is 9.53 Å². The first kappa shape index (κ1) is 8.47. The van der Waals surface area contributed by atoms with Gasteiger partial charge in [0, 0.05) is 0 Å². The molecule has 0 spiro atoms. The lowest BCUT2D eigenvalue weighted by atomic mass is 9.95. The maximum absolute atomic E-state index is 9.91. The summed E-state index contributed by atoms with van der Waals surface area (Å²) in [5, 5.41) is 0. The summed E-state index contributed by atoms with van der Waals surface area (Å²) < 4.78 is 5.12. The number of carbonyl (C=O) groups excluding carboxylic acids is 1. The van der Waals surface area contributed by atoms with E-state index in [0.717, 1.165) is 25.7 Å². The van der Waals surface area contributed by atoms with Crippen molar-refractivity contribution in [3.8, 4) is 0 Å². The highest BCUT2D eigenvalue weighted by molar-refractivity contribution is 5.50. The highest BCUT2D eigenvalue weighted by atomic mass is 16.5. The number of ether oxygens (including phenoxy) is 1. The average Bonchev–Trinajstić information content (AvgIpc) is 2.07. The summed E-state index contributed by atoms with van der Waals surface area (Å²) in [5.74, 6) is 0.639. The molecule has 0 N–H and O–H groups in total. The molecule has 1 aliphatic carbocycles. The van der Waals surface area contributed by atoms with E-state index in [-0.39, 0.29) is 6.61 Å². The molecule has 0 fully saturated rings. The number of carbonyl (C=O) groups is 1. The Labute approximate surface area is 67.2 Å². The van der Waals surface area contributed by atoms with Crippen molar-refractivity contribution in [2.24, 2.45) is 5.92 Å². The summed E-state index contributed by atoms with van der Waals surface area (Å²) in [4.78, 5) is 9.91. The van der Waals surface area contributed by atoms with Gasteiger partial charge in [0.05, 0.1) is 6.61 Å². The molecule has 0 aromatic carbocycles. The Morgan fingerprint density at radius 1 is 1.55 bits per heavy atom. The monoisotopic (exact) mass is 154 g/mol. The van der Waals surface area contributed by atoms with E-state index in [4.69, 9.17) is 4.74 Å². The number of allylic oxidation sites excluding steroid dienone is 2. The summed E-state index contributed by atoms with van der Waals surface area (Å²) in [6.07, 6.45) is 8.68. The molecule has 1 atom stereocenters. The highest BCUT2D eigenvalue weighted by Gasteiger charge is 2.08. The van der Waals surface area contributed by atoms with Crippen LogP contribution in [0.15, 0.2) is 12.2 Å². The van der Waals surface area contributed by atoms with Crippen molar-refractivity contribution in [2.45, 2.75) is 19.3 Å². The molecule has 0 aromatic rings. The van der Waals surface area contributed by atoms with Crippen LogP contribution in [0.25, 0.3) is 0 Å². The molecule has 1 unspecified atom stereocenters. The minimum absolute atomic E-state index is 0.250. The van der Waals surface area contributed by atoms with Crippen molar-refractivity contribution in [2.75, 3.05) is 13.2 Å². The summed E-state index contributed by atoms with van der Waals surface area (Å²) in [5.41, 5.74) is 0. The molecule has 0 amide bonds. The average molecular weight is 154 g/mol. The van der Waals surface area contributed by atoms with Gasteiger partial charge >= 0.3 is 0 Å². The number of aldehydes is 1. The zero-order valence-corrected chi connectivity index (χ0v) is 6.66. The van der Waals surface area contributed by atoms with E-state index in [2.05, 4.69) is 12.2 Å².